The molecule has 7 heteroatoms. The summed E-state index contributed by atoms with van der Waals surface area (Å²) in [6.07, 6.45) is 6.53. The van der Waals surface area contributed by atoms with E-state index in [2.05, 4.69) is 14.8 Å². The lowest BCUT2D eigenvalue weighted by atomic mass is 10.2. The van der Waals surface area contributed by atoms with Crippen molar-refractivity contribution >= 4 is 28.8 Å². The summed E-state index contributed by atoms with van der Waals surface area (Å²) in [6, 6.07) is 11.7. The molecule has 1 aromatic carbocycles. The topological polar surface area (TPSA) is 51.0 Å². The second-order valence-electron chi connectivity index (χ2n) is 7.76. The number of thiophene rings is 1. The van der Waals surface area contributed by atoms with Gasteiger partial charge >= 0.3 is 0 Å². The molecule has 1 amide bonds. The molecule has 2 aliphatic heterocycles. The number of hydrogen-bond acceptors (Lipinski definition) is 4. The quantitative estimate of drug-likeness (QED) is 0.566. The van der Waals surface area contributed by atoms with Crippen molar-refractivity contribution in [2.75, 3.05) is 6.54 Å². The van der Waals surface area contributed by atoms with E-state index in [9.17, 15) is 4.79 Å². The van der Waals surface area contributed by atoms with Gasteiger partial charge in [0.25, 0.3) is 5.91 Å². The van der Waals surface area contributed by atoms with E-state index in [-0.39, 0.29) is 11.9 Å². The molecule has 5 rings (SSSR count). The Morgan fingerprint density at radius 3 is 2.72 bits per heavy atom. The van der Waals surface area contributed by atoms with E-state index < -0.39 is 0 Å². The van der Waals surface area contributed by atoms with E-state index in [0.717, 1.165) is 65.7 Å². The first-order valence-electron chi connectivity index (χ1n) is 10.3. The van der Waals surface area contributed by atoms with Crippen molar-refractivity contribution in [1.29, 1.82) is 0 Å². The van der Waals surface area contributed by atoms with Gasteiger partial charge < -0.3 is 9.47 Å². The van der Waals surface area contributed by atoms with Gasteiger partial charge in [-0.15, -0.1) is 21.5 Å². The summed E-state index contributed by atoms with van der Waals surface area (Å²) in [7, 11) is 0. The molecular weight excluding hydrogens is 404 g/mol. The normalized spacial score (nSPS) is 19.2. The molecule has 0 N–H and O–H groups in total. The smallest absolute Gasteiger partial charge is 0.264 e. The van der Waals surface area contributed by atoms with Crippen LogP contribution in [0.15, 0.2) is 36.4 Å². The first-order chi connectivity index (χ1) is 14.2. The lowest BCUT2D eigenvalue weighted by molar-refractivity contribution is 0.0732. The Morgan fingerprint density at radius 1 is 1.00 bits per heavy atom. The predicted octanol–water partition coefficient (Wildman–Crippen LogP) is 5.36. The fraction of sp³-hybridized carbons (Fsp3) is 0.409. The second-order valence-corrected chi connectivity index (χ2v) is 9.28. The fourth-order valence-corrected chi connectivity index (χ4v) is 5.49. The van der Waals surface area contributed by atoms with Crippen molar-refractivity contribution in [1.82, 2.24) is 19.7 Å². The summed E-state index contributed by atoms with van der Waals surface area (Å²) in [6.45, 7) is 1.75. The second kappa shape index (κ2) is 7.92. The van der Waals surface area contributed by atoms with Crippen molar-refractivity contribution in [2.45, 2.75) is 51.1 Å². The van der Waals surface area contributed by atoms with E-state index in [0.29, 0.717) is 5.02 Å². The summed E-state index contributed by atoms with van der Waals surface area (Å²) < 4.78 is 2.27. The highest BCUT2D eigenvalue weighted by Gasteiger charge is 2.35. The van der Waals surface area contributed by atoms with Crippen LogP contribution in [-0.2, 0) is 13.0 Å². The maximum atomic E-state index is 13.3. The molecule has 1 unspecified atom stereocenters. The Labute approximate surface area is 179 Å². The average molecular weight is 427 g/mol. The third-order valence-electron chi connectivity index (χ3n) is 5.90. The van der Waals surface area contributed by atoms with Gasteiger partial charge in [0.1, 0.15) is 5.82 Å². The Hall–Kier alpha value is -2.18. The Balaban J connectivity index is 1.40. The Bertz CT molecular complexity index is 1030. The molecule has 1 atom stereocenters. The number of fused-ring (bicyclic) bond motifs is 1. The Morgan fingerprint density at radius 2 is 1.86 bits per heavy atom. The van der Waals surface area contributed by atoms with Crippen molar-refractivity contribution in [3.05, 3.63) is 57.9 Å². The summed E-state index contributed by atoms with van der Waals surface area (Å²) in [4.78, 5) is 17.2. The zero-order valence-electron chi connectivity index (χ0n) is 16.2. The van der Waals surface area contributed by atoms with E-state index in [1.807, 2.05) is 41.3 Å². The molecular formula is C22H23ClN4OS. The fourth-order valence-electron chi connectivity index (χ4n) is 4.40. The lowest BCUT2D eigenvalue weighted by Gasteiger charge is -2.24. The highest BCUT2D eigenvalue weighted by molar-refractivity contribution is 7.17. The number of aryl methyl sites for hydroxylation is 1. The third-order valence-corrected chi connectivity index (χ3v) is 7.27. The van der Waals surface area contributed by atoms with Crippen molar-refractivity contribution in [3.63, 3.8) is 0 Å². The number of aromatic nitrogens is 3. The van der Waals surface area contributed by atoms with Crippen molar-refractivity contribution in [2.24, 2.45) is 0 Å². The maximum absolute atomic E-state index is 13.3. The first kappa shape index (κ1) is 18.8. The molecule has 1 fully saturated rings. The van der Waals surface area contributed by atoms with E-state index in [4.69, 9.17) is 11.6 Å². The molecule has 2 aliphatic rings. The number of carbonyl (C=O) groups is 1. The van der Waals surface area contributed by atoms with Gasteiger partial charge in [-0.05, 0) is 55.5 Å². The van der Waals surface area contributed by atoms with Crippen LogP contribution >= 0.6 is 22.9 Å². The van der Waals surface area contributed by atoms with Gasteiger partial charge in [-0.3, -0.25) is 4.79 Å². The number of hydrogen-bond donors (Lipinski definition) is 0. The summed E-state index contributed by atoms with van der Waals surface area (Å²) in [5.41, 5.74) is 1.08. The van der Waals surface area contributed by atoms with E-state index in [1.165, 1.54) is 12.8 Å². The van der Waals surface area contributed by atoms with Gasteiger partial charge in [0.05, 0.1) is 10.9 Å². The van der Waals surface area contributed by atoms with E-state index >= 15 is 0 Å². The maximum Gasteiger partial charge on any atom is 0.264 e. The Kier molecular flexibility index (Phi) is 5.14. The molecule has 0 saturated carbocycles. The largest absolute Gasteiger partial charge is 0.328 e. The molecule has 0 spiro atoms. The van der Waals surface area contributed by atoms with Crippen molar-refractivity contribution < 1.29 is 4.79 Å². The van der Waals surface area contributed by atoms with E-state index in [1.54, 1.807) is 11.3 Å². The zero-order valence-corrected chi connectivity index (χ0v) is 17.8. The number of benzene rings is 1. The summed E-state index contributed by atoms with van der Waals surface area (Å²) in [5, 5.41) is 9.68. The molecule has 5 nitrogen and oxygen atoms in total. The van der Waals surface area contributed by atoms with Crippen LogP contribution in [0.4, 0.5) is 0 Å². The number of likely N-dealkylation sites (tertiary alicyclic amines) is 1. The van der Waals surface area contributed by atoms with Crippen LogP contribution in [0, 0.1) is 0 Å². The minimum Gasteiger partial charge on any atom is -0.328 e. The molecule has 0 radical (unpaired) electrons. The summed E-state index contributed by atoms with van der Waals surface area (Å²) >= 11 is 7.54. The van der Waals surface area contributed by atoms with Crippen LogP contribution < -0.4 is 0 Å². The third kappa shape index (κ3) is 3.60. The number of nitrogens with zero attached hydrogens (tertiary/aromatic N) is 4. The van der Waals surface area contributed by atoms with Gasteiger partial charge in [0.15, 0.2) is 5.82 Å². The van der Waals surface area contributed by atoms with Gasteiger partial charge in [-0.2, -0.15) is 0 Å². The highest BCUT2D eigenvalue weighted by Crippen LogP contribution is 2.36. The van der Waals surface area contributed by atoms with Crippen molar-refractivity contribution in [3.8, 4) is 10.4 Å². The number of rotatable bonds is 3. The molecule has 0 bridgehead atoms. The van der Waals surface area contributed by atoms with Gasteiger partial charge in [-0.1, -0.05) is 30.2 Å². The molecule has 3 aromatic rings. The lowest BCUT2D eigenvalue weighted by Crippen LogP contribution is -2.31. The van der Waals surface area contributed by atoms with Gasteiger partial charge in [0, 0.05) is 29.4 Å². The minimum atomic E-state index is 0.0305. The van der Waals surface area contributed by atoms with Crippen LogP contribution in [0.5, 0.6) is 0 Å². The molecule has 2 aromatic heterocycles. The van der Waals surface area contributed by atoms with Crippen LogP contribution in [-0.4, -0.2) is 32.1 Å². The zero-order chi connectivity index (χ0) is 19.8. The molecule has 1 saturated heterocycles. The van der Waals surface area contributed by atoms with Crippen LogP contribution in [0.2, 0.25) is 5.02 Å². The number of carbonyl (C=O) groups excluding carboxylic acids is 1. The number of halogens is 1. The standard InChI is InChI=1S/C22H23ClN4OS/c23-16-9-7-15(8-10-16)18-11-12-19(29-18)22(28)26-14-4-5-17(26)21-25-24-20-6-2-1-3-13-27(20)21/h7-12,17H,1-6,13-14H2. The minimum absolute atomic E-state index is 0.0305. The molecule has 0 aliphatic carbocycles. The predicted molar refractivity (Wildman–Crippen MR) is 115 cm³/mol. The van der Waals surface area contributed by atoms with Crippen LogP contribution in [0.1, 0.15) is 59.5 Å². The van der Waals surface area contributed by atoms with Gasteiger partial charge in [0.2, 0.25) is 0 Å². The SMILES string of the molecule is O=C(c1ccc(-c2ccc(Cl)cc2)s1)N1CCCC1c1nnc2n1CCCCC2. The molecule has 4 heterocycles. The van der Waals surface area contributed by atoms with Gasteiger partial charge in [-0.25, -0.2) is 0 Å². The van der Waals surface area contributed by atoms with Crippen LogP contribution in [0.3, 0.4) is 0 Å². The average Bonchev–Trinajstić information content (AvgIpc) is 3.45. The monoisotopic (exact) mass is 426 g/mol. The molecule has 29 heavy (non-hydrogen) atoms. The summed E-state index contributed by atoms with van der Waals surface area (Å²) in [5.74, 6) is 2.16. The highest BCUT2D eigenvalue weighted by atomic mass is 35.5. The molecule has 150 valence electrons. The first-order valence-corrected chi connectivity index (χ1v) is 11.5. The van der Waals surface area contributed by atoms with Crippen LogP contribution in [0.25, 0.3) is 10.4 Å². The number of amides is 1.